The summed E-state index contributed by atoms with van der Waals surface area (Å²) in [4.78, 5) is 0. The molecule has 1 aromatic heterocycles. The summed E-state index contributed by atoms with van der Waals surface area (Å²) in [5.41, 5.74) is 7.23. The lowest BCUT2D eigenvalue weighted by Crippen LogP contribution is -2.04. The fourth-order valence-corrected chi connectivity index (χ4v) is 2.27. The van der Waals surface area contributed by atoms with E-state index in [2.05, 4.69) is 10.3 Å². The highest BCUT2D eigenvalue weighted by molar-refractivity contribution is 6.43. The highest BCUT2D eigenvalue weighted by Crippen LogP contribution is 2.32. The number of benzene rings is 1. The van der Waals surface area contributed by atoms with Crippen LogP contribution in [0.15, 0.2) is 12.1 Å². The minimum absolute atomic E-state index is 0.399. The average molecular weight is 306 g/mol. The fourth-order valence-electron chi connectivity index (χ4n) is 1.65. The molecular formula is C11H11Cl3N4. The first-order valence-electron chi connectivity index (χ1n) is 5.39. The van der Waals surface area contributed by atoms with Crippen LogP contribution in [0.4, 0.5) is 5.82 Å². The molecule has 0 radical (unpaired) electrons. The first-order valence-corrected chi connectivity index (χ1v) is 6.53. The lowest BCUT2D eigenvalue weighted by Gasteiger charge is -2.09. The maximum Gasteiger partial charge on any atom is 0.169 e. The van der Waals surface area contributed by atoms with E-state index in [1.165, 1.54) is 0 Å². The monoisotopic (exact) mass is 304 g/mol. The van der Waals surface area contributed by atoms with Gasteiger partial charge in [0.05, 0.1) is 26.4 Å². The number of nitrogens with zero attached hydrogens (tertiary/aromatic N) is 3. The number of aromatic nitrogens is 3. The molecule has 2 aromatic rings. The third kappa shape index (κ3) is 2.41. The Morgan fingerprint density at radius 2 is 1.83 bits per heavy atom. The molecule has 1 aromatic carbocycles. The van der Waals surface area contributed by atoms with Crippen LogP contribution in [0, 0.1) is 0 Å². The quantitative estimate of drug-likeness (QED) is 0.878. The van der Waals surface area contributed by atoms with Crippen LogP contribution in [0.3, 0.4) is 0 Å². The van der Waals surface area contributed by atoms with Gasteiger partial charge in [-0.25, -0.2) is 4.68 Å². The zero-order valence-electron chi connectivity index (χ0n) is 9.62. The normalized spacial score (nSPS) is 10.9. The number of halogens is 3. The van der Waals surface area contributed by atoms with Crippen LogP contribution in [0.25, 0.3) is 5.69 Å². The van der Waals surface area contributed by atoms with Gasteiger partial charge >= 0.3 is 0 Å². The number of rotatable bonds is 3. The molecule has 2 N–H and O–H groups in total. The Bertz CT molecular complexity index is 580. The van der Waals surface area contributed by atoms with Gasteiger partial charge in [0, 0.05) is 0 Å². The molecule has 96 valence electrons. The Balaban J connectivity index is 2.58. The molecule has 0 aliphatic heterocycles. The molecule has 0 amide bonds. The second kappa shape index (κ2) is 5.34. The van der Waals surface area contributed by atoms with Gasteiger partial charge < -0.3 is 5.73 Å². The van der Waals surface area contributed by atoms with E-state index in [0.717, 1.165) is 18.5 Å². The molecule has 0 saturated carbocycles. The summed E-state index contributed by atoms with van der Waals surface area (Å²) in [6.07, 6.45) is 1.69. The van der Waals surface area contributed by atoms with Gasteiger partial charge in [-0.1, -0.05) is 53.4 Å². The van der Waals surface area contributed by atoms with Crippen LogP contribution in [0.1, 0.15) is 19.0 Å². The minimum atomic E-state index is 0.399. The van der Waals surface area contributed by atoms with Gasteiger partial charge in [-0.05, 0) is 18.6 Å². The third-order valence-corrected chi connectivity index (χ3v) is 3.52. The second-order valence-electron chi connectivity index (χ2n) is 3.80. The summed E-state index contributed by atoms with van der Waals surface area (Å²) in [6.45, 7) is 2.05. The molecule has 0 atom stereocenters. The highest BCUT2D eigenvalue weighted by atomic mass is 35.5. The van der Waals surface area contributed by atoms with E-state index in [1.54, 1.807) is 16.8 Å². The van der Waals surface area contributed by atoms with Crippen molar-refractivity contribution < 1.29 is 0 Å². The number of hydrogen-bond acceptors (Lipinski definition) is 3. The van der Waals surface area contributed by atoms with Crippen LogP contribution < -0.4 is 5.73 Å². The minimum Gasteiger partial charge on any atom is -0.381 e. The third-order valence-electron chi connectivity index (χ3n) is 2.50. The Morgan fingerprint density at radius 1 is 1.17 bits per heavy atom. The van der Waals surface area contributed by atoms with Gasteiger partial charge in [-0.15, -0.1) is 5.10 Å². The van der Waals surface area contributed by atoms with E-state index < -0.39 is 0 Å². The summed E-state index contributed by atoms with van der Waals surface area (Å²) in [5.74, 6) is 0.402. The lowest BCUT2D eigenvalue weighted by molar-refractivity contribution is 0.746. The van der Waals surface area contributed by atoms with Gasteiger partial charge in [0.1, 0.15) is 0 Å². The molecule has 0 aliphatic carbocycles. The van der Waals surface area contributed by atoms with Crippen LogP contribution >= 0.6 is 34.8 Å². The zero-order valence-corrected chi connectivity index (χ0v) is 11.9. The van der Waals surface area contributed by atoms with Crippen LogP contribution in [0.5, 0.6) is 0 Å². The van der Waals surface area contributed by atoms with E-state index in [1.807, 2.05) is 6.92 Å². The first-order chi connectivity index (χ1) is 8.54. The zero-order chi connectivity index (χ0) is 13.3. The number of nitrogen functional groups attached to an aromatic ring is 1. The summed E-state index contributed by atoms with van der Waals surface area (Å²) < 4.78 is 1.60. The molecule has 0 bridgehead atoms. The summed E-state index contributed by atoms with van der Waals surface area (Å²) in [7, 11) is 0. The maximum absolute atomic E-state index is 6.14. The smallest absolute Gasteiger partial charge is 0.169 e. The molecule has 0 unspecified atom stereocenters. The molecule has 0 fully saturated rings. The Hall–Kier alpha value is -0.970. The number of anilines is 1. The molecule has 7 heteroatoms. The van der Waals surface area contributed by atoms with E-state index in [9.17, 15) is 0 Å². The van der Waals surface area contributed by atoms with E-state index in [-0.39, 0.29) is 0 Å². The summed E-state index contributed by atoms with van der Waals surface area (Å²) in [5, 5.41) is 9.11. The molecular weight excluding hydrogens is 295 g/mol. The van der Waals surface area contributed by atoms with Crippen molar-refractivity contribution in [1.82, 2.24) is 15.0 Å². The number of nitrogens with two attached hydrogens (primary N) is 1. The predicted octanol–water partition coefficient (Wildman–Crippen LogP) is 3.76. The van der Waals surface area contributed by atoms with Gasteiger partial charge in [0.2, 0.25) is 0 Å². The Morgan fingerprint density at radius 3 is 2.50 bits per heavy atom. The molecule has 0 saturated heterocycles. The SMILES string of the molecule is CCCc1c(N)nnn1-c1cc(Cl)c(Cl)cc1Cl. The molecule has 4 nitrogen and oxygen atoms in total. The van der Waals surface area contributed by atoms with Crippen molar-refractivity contribution in [3.05, 3.63) is 32.9 Å². The summed E-state index contributed by atoms with van der Waals surface area (Å²) in [6, 6.07) is 3.23. The standard InChI is InChI=1S/C11H11Cl3N4/c1-2-3-9-11(15)16-17-18(9)10-5-7(13)6(12)4-8(10)14/h4-5H,2-3,15H2,1H3. The van der Waals surface area contributed by atoms with Gasteiger partial charge in [-0.3, -0.25) is 0 Å². The molecule has 1 heterocycles. The Labute approximate surface area is 120 Å². The van der Waals surface area contributed by atoms with Gasteiger partial charge in [-0.2, -0.15) is 0 Å². The predicted molar refractivity (Wildman–Crippen MR) is 74.8 cm³/mol. The van der Waals surface area contributed by atoms with Gasteiger partial charge in [0.15, 0.2) is 5.82 Å². The van der Waals surface area contributed by atoms with E-state index in [0.29, 0.717) is 26.6 Å². The largest absolute Gasteiger partial charge is 0.381 e. The summed E-state index contributed by atoms with van der Waals surface area (Å²) >= 11 is 18.0. The maximum atomic E-state index is 6.14. The van der Waals surface area contributed by atoms with Crippen LogP contribution in [0.2, 0.25) is 15.1 Å². The van der Waals surface area contributed by atoms with Crippen molar-refractivity contribution in [2.45, 2.75) is 19.8 Å². The van der Waals surface area contributed by atoms with Crippen molar-refractivity contribution in [3.63, 3.8) is 0 Å². The van der Waals surface area contributed by atoms with Gasteiger partial charge in [0.25, 0.3) is 0 Å². The molecule has 0 aliphatic rings. The first kappa shape index (κ1) is 13.5. The van der Waals surface area contributed by atoms with Crippen molar-refractivity contribution in [2.24, 2.45) is 0 Å². The second-order valence-corrected chi connectivity index (χ2v) is 5.02. The van der Waals surface area contributed by atoms with Crippen molar-refractivity contribution in [2.75, 3.05) is 5.73 Å². The van der Waals surface area contributed by atoms with Crippen molar-refractivity contribution in [3.8, 4) is 5.69 Å². The molecule has 2 rings (SSSR count). The molecule has 0 spiro atoms. The van der Waals surface area contributed by atoms with Crippen LogP contribution in [-0.4, -0.2) is 15.0 Å². The topological polar surface area (TPSA) is 56.7 Å². The van der Waals surface area contributed by atoms with Crippen LogP contribution in [-0.2, 0) is 6.42 Å². The average Bonchev–Trinajstić information content (AvgIpc) is 2.67. The van der Waals surface area contributed by atoms with E-state index >= 15 is 0 Å². The van der Waals surface area contributed by atoms with Crippen molar-refractivity contribution >= 4 is 40.6 Å². The molecule has 18 heavy (non-hydrogen) atoms. The lowest BCUT2D eigenvalue weighted by atomic mass is 10.2. The number of hydrogen-bond donors (Lipinski definition) is 1. The Kier molecular flexibility index (Phi) is 4.00. The van der Waals surface area contributed by atoms with Crippen molar-refractivity contribution in [1.29, 1.82) is 0 Å². The highest BCUT2D eigenvalue weighted by Gasteiger charge is 2.15. The van der Waals surface area contributed by atoms with E-state index in [4.69, 9.17) is 40.5 Å². The fraction of sp³-hybridized carbons (Fsp3) is 0.273.